The van der Waals surface area contributed by atoms with Crippen LogP contribution in [0.1, 0.15) is 37.7 Å². The van der Waals surface area contributed by atoms with Gasteiger partial charge in [-0.1, -0.05) is 37.5 Å². The van der Waals surface area contributed by atoms with E-state index in [2.05, 4.69) is 0 Å². The molecule has 0 saturated heterocycles. The van der Waals surface area contributed by atoms with E-state index in [0.29, 0.717) is 6.54 Å². The van der Waals surface area contributed by atoms with E-state index in [-0.39, 0.29) is 18.5 Å². The molecule has 23 heavy (non-hydrogen) atoms. The van der Waals surface area contributed by atoms with Crippen LogP contribution in [0.15, 0.2) is 24.3 Å². The summed E-state index contributed by atoms with van der Waals surface area (Å²) in [6, 6.07) is 7.82. The van der Waals surface area contributed by atoms with E-state index in [1.54, 1.807) is 4.90 Å². The first kappa shape index (κ1) is 16.5. The molecule has 0 spiro atoms. The first-order chi connectivity index (χ1) is 11.0. The normalized spacial score (nSPS) is 19.1. The Labute approximate surface area is 138 Å². The topological polar surface area (TPSA) is 57.7 Å². The van der Waals surface area contributed by atoms with Gasteiger partial charge in [0.2, 0.25) is 15.9 Å². The van der Waals surface area contributed by atoms with E-state index in [1.165, 1.54) is 10.6 Å². The Morgan fingerprint density at radius 3 is 2.61 bits per heavy atom. The van der Waals surface area contributed by atoms with Crippen molar-refractivity contribution in [1.29, 1.82) is 0 Å². The molecule has 6 heteroatoms. The molecule has 126 valence electrons. The van der Waals surface area contributed by atoms with Crippen LogP contribution in [0.25, 0.3) is 0 Å². The van der Waals surface area contributed by atoms with Crippen LogP contribution in [0, 0.1) is 0 Å². The Morgan fingerprint density at radius 1 is 1.22 bits per heavy atom. The summed E-state index contributed by atoms with van der Waals surface area (Å²) in [4.78, 5) is 14.5. The van der Waals surface area contributed by atoms with Crippen molar-refractivity contribution in [1.82, 2.24) is 4.31 Å². The summed E-state index contributed by atoms with van der Waals surface area (Å²) in [6.45, 7) is 0.596. The highest BCUT2D eigenvalue weighted by Gasteiger charge is 2.33. The van der Waals surface area contributed by atoms with Gasteiger partial charge in [-0.15, -0.1) is 0 Å². The van der Waals surface area contributed by atoms with Gasteiger partial charge in [-0.2, -0.15) is 4.31 Å². The highest BCUT2D eigenvalue weighted by molar-refractivity contribution is 7.88. The van der Waals surface area contributed by atoms with Gasteiger partial charge in [-0.3, -0.25) is 4.79 Å². The third-order valence-corrected chi connectivity index (χ3v) is 6.17. The van der Waals surface area contributed by atoms with E-state index in [9.17, 15) is 13.2 Å². The third kappa shape index (κ3) is 3.58. The highest BCUT2D eigenvalue weighted by Crippen LogP contribution is 2.29. The molecule has 1 aromatic rings. The number of rotatable bonds is 4. The summed E-state index contributed by atoms with van der Waals surface area (Å²) in [5, 5.41) is 0. The van der Waals surface area contributed by atoms with Crippen LogP contribution < -0.4 is 4.90 Å². The summed E-state index contributed by atoms with van der Waals surface area (Å²) in [5.74, 6) is -0.119. The zero-order valence-corrected chi connectivity index (χ0v) is 14.4. The molecule has 0 bridgehead atoms. The molecule has 5 nitrogen and oxygen atoms in total. The van der Waals surface area contributed by atoms with Crippen molar-refractivity contribution in [2.75, 3.05) is 24.2 Å². The summed E-state index contributed by atoms with van der Waals surface area (Å²) in [6.07, 6.45) is 7.00. The highest BCUT2D eigenvalue weighted by atomic mass is 32.2. The van der Waals surface area contributed by atoms with Crippen LogP contribution >= 0.6 is 0 Å². The Balaban J connectivity index is 1.77. The molecule has 1 saturated carbocycles. The number of anilines is 1. The first-order valence-corrected chi connectivity index (χ1v) is 10.2. The van der Waals surface area contributed by atoms with Gasteiger partial charge >= 0.3 is 0 Å². The lowest BCUT2D eigenvalue weighted by molar-refractivity contribution is -0.119. The molecular weight excluding hydrogens is 312 g/mol. The van der Waals surface area contributed by atoms with Crippen LogP contribution in [0.4, 0.5) is 5.69 Å². The van der Waals surface area contributed by atoms with Gasteiger partial charge in [0.15, 0.2) is 0 Å². The van der Waals surface area contributed by atoms with Gasteiger partial charge in [0.1, 0.15) is 0 Å². The van der Waals surface area contributed by atoms with Crippen molar-refractivity contribution in [2.45, 2.75) is 44.6 Å². The van der Waals surface area contributed by atoms with Crippen molar-refractivity contribution < 1.29 is 13.2 Å². The average molecular weight is 336 g/mol. The standard InChI is InChI=1S/C17H24N2O3S/c1-23(21,22)19(15-8-3-2-4-9-15)13-17(20)18-12-11-14-7-5-6-10-16(14)18/h5-7,10,15H,2-4,8-9,11-13H2,1H3. The molecule has 1 heterocycles. The maximum Gasteiger partial charge on any atom is 0.242 e. The number of sulfonamides is 1. The van der Waals surface area contributed by atoms with Crippen LogP contribution in [0.5, 0.6) is 0 Å². The average Bonchev–Trinajstić information content (AvgIpc) is 2.96. The van der Waals surface area contributed by atoms with Crippen molar-refractivity contribution >= 4 is 21.6 Å². The fraction of sp³-hybridized carbons (Fsp3) is 0.588. The zero-order chi connectivity index (χ0) is 16.4. The molecule has 0 N–H and O–H groups in total. The molecule has 1 aliphatic carbocycles. The molecule has 1 aliphatic heterocycles. The minimum atomic E-state index is -3.38. The van der Waals surface area contributed by atoms with Crippen LogP contribution in [-0.4, -0.2) is 44.0 Å². The second-order valence-electron chi connectivity index (χ2n) is 6.52. The van der Waals surface area contributed by atoms with Crippen LogP contribution in [0.2, 0.25) is 0 Å². The van der Waals surface area contributed by atoms with E-state index >= 15 is 0 Å². The lowest BCUT2D eigenvalue weighted by Gasteiger charge is -2.33. The minimum Gasteiger partial charge on any atom is -0.311 e. The predicted molar refractivity (Wildman–Crippen MR) is 90.9 cm³/mol. The third-order valence-electron chi connectivity index (χ3n) is 4.89. The van der Waals surface area contributed by atoms with E-state index in [1.807, 2.05) is 24.3 Å². The monoisotopic (exact) mass is 336 g/mol. The lowest BCUT2D eigenvalue weighted by atomic mass is 9.95. The van der Waals surface area contributed by atoms with Crippen molar-refractivity contribution in [3.63, 3.8) is 0 Å². The van der Waals surface area contributed by atoms with Crippen molar-refractivity contribution in [2.24, 2.45) is 0 Å². The van der Waals surface area contributed by atoms with E-state index in [0.717, 1.165) is 49.8 Å². The predicted octanol–water partition coefficient (Wildman–Crippen LogP) is 2.17. The first-order valence-electron chi connectivity index (χ1n) is 8.32. The number of nitrogens with zero attached hydrogens (tertiary/aromatic N) is 2. The van der Waals surface area contributed by atoms with Gasteiger partial charge in [0.05, 0.1) is 12.8 Å². The number of carbonyl (C=O) groups is 1. The fourth-order valence-corrected chi connectivity index (χ4v) is 4.80. The second-order valence-corrected chi connectivity index (χ2v) is 8.46. The number of amides is 1. The number of carbonyl (C=O) groups excluding carboxylic acids is 1. The SMILES string of the molecule is CS(=O)(=O)N(CC(=O)N1CCc2ccccc21)C1CCCCC1. The Hall–Kier alpha value is -1.40. The minimum absolute atomic E-state index is 0.0273. The molecular formula is C17H24N2O3S. The van der Waals surface area contributed by atoms with Crippen LogP contribution in [-0.2, 0) is 21.2 Å². The van der Waals surface area contributed by atoms with Gasteiger partial charge < -0.3 is 4.90 Å². The second kappa shape index (κ2) is 6.61. The van der Waals surface area contributed by atoms with E-state index < -0.39 is 10.0 Å². The van der Waals surface area contributed by atoms with Gasteiger partial charge in [0, 0.05) is 18.3 Å². The Morgan fingerprint density at radius 2 is 1.91 bits per heavy atom. The maximum absolute atomic E-state index is 12.7. The number of fused-ring (bicyclic) bond motifs is 1. The molecule has 0 radical (unpaired) electrons. The molecule has 1 fully saturated rings. The van der Waals surface area contributed by atoms with Gasteiger partial charge in [-0.05, 0) is 30.9 Å². The number of hydrogen-bond donors (Lipinski definition) is 0. The summed E-state index contributed by atoms with van der Waals surface area (Å²) < 4.78 is 25.8. The number of hydrogen-bond acceptors (Lipinski definition) is 3. The Kier molecular flexibility index (Phi) is 4.73. The lowest BCUT2D eigenvalue weighted by Crippen LogP contribution is -2.47. The maximum atomic E-state index is 12.7. The summed E-state index contributed by atoms with van der Waals surface area (Å²) >= 11 is 0. The van der Waals surface area contributed by atoms with E-state index in [4.69, 9.17) is 0 Å². The quantitative estimate of drug-likeness (QED) is 0.847. The number of para-hydroxylation sites is 1. The fourth-order valence-electron chi connectivity index (χ4n) is 3.70. The zero-order valence-electron chi connectivity index (χ0n) is 13.6. The summed E-state index contributed by atoms with van der Waals surface area (Å²) in [7, 11) is -3.38. The Bertz CT molecular complexity index is 681. The molecule has 0 aromatic heterocycles. The summed E-state index contributed by atoms with van der Waals surface area (Å²) in [5.41, 5.74) is 2.08. The molecule has 1 aromatic carbocycles. The van der Waals surface area contributed by atoms with Crippen molar-refractivity contribution in [3.8, 4) is 0 Å². The molecule has 0 atom stereocenters. The molecule has 2 aliphatic rings. The molecule has 1 amide bonds. The number of benzene rings is 1. The van der Waals surface area contributed by atoms with Gasteiger partial charge in [-0.25, -0.2) is 8.42 Å². The van der Waals surface area contributed by atoms with Crippen LogP contribution in [0.3, 0.4) is 0 Å². The molecule has 0 unspecified atom stereocenters. The van der Waals surface area contributed by atoms with Crippen molar-refractivity contribution in [3.05, 3.63) is 29.8 Å². The molecule has 3 rings (SSSR count). The van der Waals surface area contributed by atoms with Gasteiger partial charge in [0.25, 0.3) is 0 Å². The smallest absolute Gasteiger partial charge is 0.242 e. The largest absolute Gasteiger partial charge is 0.311 e.